The van der Waals surface area contributed by atoms with Crippen molar-refractivity contribution in [2.45, 2.75) is 0 Å². The van der Waals surface area contributed by atoms with Crippen molar-refractivity contribution in [1.29, 1.82) is 0 Å². The third-order valence-electron chi connectivity index (χ3n) is 9.35. The number of hydrogen-bond acceptors (Lipinski definition) is 3. The number of nitrogens with zero attached hydrogens (tertiary/aromatic N) is 2. The van der Waals surface area contributed by atoms with Crippen molar-refractivity contribution in [2.24, 2.45) is 0 Å². The van der Waals surface area contributed by atoms with E-state index in [2.05, 4.69) is 180 Å². The van der Waals surface area contributed by atoms with Crippen molar-refractivity contribution in [3.05, 3.63) is 193 Å². The molecule has 1 aliphatic carbocycles. The number of para-hydroxylation sites is 2. The van der Waals surface area contributed by atoms with Crippen LogP contribution in [0.2, 0.25) is 0 Å². The molecule has 3 nitrogen and oxygen atoms in total. The number of anilines is 6. The predicted molar refractivity (Wildman–Crippen MR) is 200 cm³/mol. The summed E-state index contributed by atoms with van der Waals surface area (Å²) >= 11 is 0. The SMILES string of the molecule is O=C1c2cc(N(c3ccccc3)c3cccc4ccccc34)ccc2-c2ccc(N(c3ccccc3)c3cccc4ccccc34)cc21. The smallest absolute Gasteiger partial charge is 0.194 e. The molecule has 48 heavy (non-hydrogen) atoms. The van der Waals surface area contributed by atoms with Gasteiger partial charge in [0, 0.05) is 44.6 Å². The molecule has 8 aromatic carbocycles. The summed E-state index contributed by atoms with van der Waals surface area (Å²) in [6.45, 7) is 0. The molecular formula is C45H30N2O. The van der Waals surface area contributed by atoms with E-state index in [0.29, 0.717) is 0 Å². The number of fused-ring (bicyclic) bond motifs is 5. The average molecular weight is 615 g/mol. The van der Waals surface area contributed by atoms with Crippen LogP contribution < -0.4 is 9.80 Å². The first kappa shape index (κ1) is 27.8. The minimum absolute atomic E-state index is 0.0422. The molecule has 3 heteroatoms. The third kappa shape index (κ3) is 4.56. The van der Waals surface area contributed by atoms with E-state index in [-0.39, 0.29) is 5.78 Å². The monoisotopic (exact) mass is 614 g/mol. The van der Waals surface area contributed by atoms with Crippen LogP contribution in [-0.2, 0) is 0 Å². The van der Waals surface area contributed by atoms with Gasteiger partial charge in [0.15, 0.2) is 5.78 Å². The Balaban J connectivity index is 1.17. The fraction of sp³-hybridized carbons (Fsp3) is 0. The van der Waals surface area contributed by atoms with Gasteiger partial charge >= 0.3 is 0 Å². The molecule has 9 rings (SSSR count). The van der Waals surface area contributed by atoms with Crippen LogP contribution in [0.5, 0.6) is 0 Å². The van der Waals surface area contributed by atoms with Gasteiger partial charge in [-0.25, -0.2) is 0 Å². The minimum Gasteiger partial charge on any atom is -0.310 e. The highest BCUT2D eigenvalue weighted by atomic mass is 16.1. The first-order chi connectivity index (χ1) is 23.7. The summed E-state index contributed by atoms with van der Waals surface area (Å²) in [7, 11) is 0. The minimum atomic E-state index is 0.0422. The number of ketones is 1. The maximum atomic E-state index is 14.4. The number of hydrogen-bond donors (Lipinski definition) is 0. The van der Waals surface area contributed by atoms with Crippen LogP contribution >= 0.6 is 0 Å². The lowest BCUT2D eigenvalue weighted by molar-refractivity contribution is 0.104. The molecule has 0 radical (unpaired) electrons. The average Bonchev–Trinajstić information content (AvgIpc) is 3.43. The molecule has 226 valence electrons. The topological polar surface area (TPSA) is 23.6 Å². The summed E-state index contributed by atoms with van der Waals surface area (Å²) in [6.07, 6.45) is 0. The zero-order valence-electron chi connectivity index (χ0n) is 26.1. The summed E-state index contributed by atoms with van der Waals surface area (Å²) in [6, 6.07) is 63.0. The fourth-order valence-corrected chi connectivity index (χ4v) is 7.15. The van der Waals surface area contributed by atoms with Gasteiger partial charge in [-0.3, -0.25) is 4.79 Å². The predicted octanol–water partition coefficient (Wildman–Crippen LogP) is 12.1. The van der Waals surface area contributed by atoms with E-state index in [4.69, 9.17) is 0 Å². The summed E-state index contributed by atoms with van der Waals surface area (Å²) in [5, 5.41) is 4.64. The number of carbonyl (C=O) groups excluding carboxylic acids is 1. The van der Waals surface area contributed by atoms with E-state index in [1.54, 1.807) is 0 Å². The lowest BCUT2D eigenvalue weighted by atomic mass is 10.0. The Morgan fingerprint density at radius 2 is 0.708 bits per heavy atom. The molecule has 0 fully saturated rings. The van der Waals surface area contributed by atoms with Gasteiger partial charge in [-0.15, -0.1) is 0 Å². The molecule has 0 heterocycles. The summed E-state index contributed by atoms with van der Waals surface area (Å²) < 4.78 is 0. The molecule has 1 aliphatic rings. The van der Waals surface area contributed by atoms with Crippen LogP contribution in [0.15, 0.2) is 182 Å². The van der Waals surface area contributed by atoms with E-state index in [1.807, 2.05) is 12.1 Å². The molecule has 8 aromatic rings. The highest BCUT2D eigenvalue weighted by Crippen LogP contribution is 2.46. The van der Waals surface area contributed by atoms with Gasteiger partial charge in [0.1, 0.15) is 0 Å². The van der Waals surface area contributed by atoms with Crippen molar-refractivity contribution in [3.8, 4) is 11.1 Å². The molecular weight excluding hydrogens is 585 g/mol. The lowest BCUT2D eigenvalue weighted by Gasteiger charge is -2.27. The number of carbonyl (C=O) groups is 1. The number of benzene rings is 8. The van der Waals surface area contributed by atoms with E-state index < -0.39 is 0 Å². The molecule has 0 saturated heterocycles. The summed E-state index contributed by atoms with van der Waals surface area (Å²) in [4.78, 5) is 18.9. The Morgan fingerprint density at radius 3 is 1.17 bits per heavy atom. The molecule has 0 spiro atoms. The molecule has 0 amide bonds. The Bertz CT molecular complexity index is 2300. The van der Waals surface area contributed by atoms with Gasteiger partial charge in [-0.2, -0.15) is 0 Å². The maximum Gasteiger partial charge on any atom is 0.194 e. The van der Waals surface area contributed by atoms with Gasteiger partial charge in [0.2, 0.25) is 0 Å². The maximum absolute atomic E-state index is 14.4. The van der Waals surface area contributed by atoms with E-state index >= 15 is 0 Å². The van der Waals surface area contributed by atoms with Gasteiger partial charge in [-0.1, -0.05) is 121 Å². The standard InChI is InChI=1S/C45H30N2O/c48-45-41-29-35(46(33-17-3-1-4-18-33)43-23-11-15-31-13-7-9-21-37(31)43)25-27-39(41)40-28-26-36(30-42(40)45)47(34-19-5-2-6-20-34)44-24-12-16-32-14-8-10-22-38(32)44/h1-30H. The fourth-order valence-electron chi connectivity index (χ4n) is 7.15. The molecule has 0 aromatic heterocycles. The van der Waals surface area contributed by atoms with Crippen LogP contribution in [0.25, 0.3) is 32.7 Å². The zero-order valence-corrected chi connectivity index (χ0v) is 26.1. The van der Waals surface area contributed by atoms with Crippen LogP contribution in [0.1, 0.15) is 15.9 Å². The zero-order chi connectivity index (χ0) is 32.0. The normalized spacial score (nSPS) is 11.8. The summed E-state index contributed by atoms with van der Waals surface area (Å²) in [5.41, 5.74) is 9.46. The van der Waals surface area contributed by atoms with Gasteiger partial charge < -0.3 is 9.80 Å². The van der Waals surface area contributed by atoms with E-state index in [0.717, 1.165) is 67.2 Å². The van der Waals surface area contributed by atoms with E-state index in [1.165, 1.54) is 10.8 Å². The Kier molecular flexibility index (Phi) is 6.62. The first-order valence-corrected chi connectivity index (χ1v) is 16.2. The first-order valence-electron chi connectivity index (χ1n) is 16.2. The van der Waals surface area contributed by atoms with Crippen LogP contribution in [0, 0.1) is 0 Å². The molecule has 0 saturated carbocycles. The summed E-state index contributed by atoms with van der Waals surface area (Å²) in [5.74, 6) is 0.0422. The third-order valence-corrected chi connectivity index (χ3v) is 9.35. The van der Waals surface area contributed by atoms with Gasteiger partial charge in [0.25, 0.3) is 0 Å². The van der Waals surface area contributed by atoms with Gasteiger partial charge in [-0.05, 0) is 82.6 Å². The van der Waals surface area contributed by atoms with Crippen molar-refractivity contribution in [1.82, 2.24) is 0 Å². The number of rotatable bonds is 6. The van der Waals surface area contributed by atoms with Crippen LogP contribution in [0.4, 0.5) is 34.1 Å². The highest BCUT2D eigenvalue weighted by molar-refractivity contribution is 6.23. The van der Waals surface area contributed by atoms with Crippen LogP contribution in [-0.4, -0.2) is 5.78 Å². The second-order valence-corrected chi connectivity index (χ2v) is 12.1. The molecule has 0 aliphatic heterocycles. The Labute approximate surface area is 279 Å². The lowest BCUT2D eigenvalue weighted by Crippen LogP contribution is -2.11. The molecule has 0 atom stereocenters. The van der Waals surface area contributed by atoms with Crippen molar-refractivity contribution in [3.63, 3.8) is 0 Å². The van der Waals surface area contributed by atoms with E-state index in [9.17, 15) is 4.79 Å². The van der Waals surface area contributed by atoms with Crippen molar-refractivity contribution < 1.29 is 4.79 Å². The Hall–Kier alpha value is -6.45. The Morgan fingerprint density at radius 1 is 0.312 bits per heavy atom. The van der Waals surface area contributed by atoms with Crippen molar-refractivity contribution in [2.75, 3.05) is 9.80 Å². The second kappa shape index (κ2) is 11.4. The molecule has 0 unspecified atom stereocenters. The highest BCUT2D eigenvalue weighted by Gasteiger charge is 2.29. The van der Waals surface area contributed by atoms with Gasteiger partial charge in [0.05, 0.1) is 11.4 Å². The second-order valence-electron chi connectivity index (χ2n) is 12.1. The molecule has 0 bridgehead atoms. The largest absolute Gasteiger partial charge is 0.310 e. The molecule has 0 N–H and O–H groups in total. The quantitative estimate of drug-likeness (QED) is 0.186. The van der Waals surface area contributed by atoms with Crippen LogP contribution in [0.3, 0.4) is 0 Å². The van der Waals surface area contributed by atoms with Crippen molar-refractivity contribution >= 4 is 61.5 Å².